The summed E-state index contributed by atoms with van der Waals surface area (Å²) in [6, 6.07) is 7.18. The largest absolute Gasteiger partial charge is 0.478 e. The molecule has 3 heteroatoms. The smallest absolute Gasteiger partial charge is 0.335 e. The van der Waals surface area contributed by atoms with Gasteiger partial charge in [-0.2, -0.15) is 0 Å². The summed E-state index contributed by atoms with van der Waals surface area (Å²) < 4.78 is 2.13. The average Bonchev–Trinajstić information content (AvgIpc) is 2.89. The molecule has 1 aromatic heterocycles. The van der Waals surface area contributed by atoms with E-state index in [-0.39, 0.29) is 0 Å². The van der Waals surface area contributed by atoms with Gasteiger partial charge in [0.05, 0.1) is 5.56 Å². The van der Waals surface area contributed by atoms with Crippen LogP contribution < -0.4 is 0 Å². The number of nitrogens with zero attached hydrogens (tertiary/aromatic N) is 1. The first kappa shape index (κ1) is 15.8. The lowest BCUT2D eigenvalue weighted by Gasteiger charge is -2.05. The van der Waals surface area contributed by atoms with Crippen molar-refractivity contribution in [1.82, 2.24) is 4.57 Å². The molecule has 3 nitrogen and oxygen atoms in total. The van der Waals surface area contributed by atoms with E-state index in [0.29, 0.717) is 5.56 Å². The predicted octanol–water partition coefficient (Wildman–Crippen LogP) is 4.81. The zero-order chi connectivity index (χ0) is 15.9. The van der Waals surface area contributed by atoms with Crippen molar-refractivity contribution < 1.29 is 9.90 Å². The van der Waals surface area contributed by atoms with E-state index in [0.717, 1.165) is 23.9 Å². The van der Waals surface area contributed by atoms with Crippen LogP contribution in [0.1, 0.15) is 30.6 Å². The molecule has 1 heterocycles. The van der Waals surface area contributed by atoms with Crippen LogP contribution in [0.3, 0.4) is 0 Å². The topological polar surface area (TPSA) is 42.2 Å². The van der Waals surface area contributed by atoms with E-state index in [4.69, 9.17) is 5.11 Å². The van der Waals surface area contributed by atoms with Gasteiger partial charge in [0.25, 0.3) is 0 Å². The molecule has 1 N–H and O–H groups in total. The number of carboxylic acids is 1. The van der Waals surface area contributed by atoms with Crippen LogP contribution >= 0.6 is 0 Å². The lowest BCUT2D eigenvalue weighted by atomic mass is 10.1. The summed E-state index contributed by atoms with van der Waals surface area (Å²) in [5.74, 6) is -0.893. The number of carbonyl (C=O) groups is 1. The summed E-state index contributed by atoms with van der Waals surface area (Å²) >= 11 is 0. The van der Waals surface area contributed by atoms with Crippen LogP contribution in [-0.2, 0) is 6.54 Å². The highest BCUT2D eigenvalue weighted by molar-refractivity contribution is 5.93. The van der Waals surface area contributed by atoms with Gasteiger partial charge in [-0.15, -0.1) is 0 Å². The Morgan fingerprint density at radius 3 is 2.77 bits per heavy atom. The fraction of sp³-hybridized carbons (Fsp3) is 0.211. The highest BCUT2D eigenvalue weighted by atomic mass is 16.4. The number of hydrogen-bond donors (Lipinski definition) is 1. The maximum Gasteiger partial charge on any atom is 0.335 e. The Balaban J connectivity index is 2.14. The minimum Gasteiger partial charge on any atom is -0.478 e. The second kappa shape index (κ2) is 7.46. The van der Waals surface area contributed by atoms with E-state index < -0.39 is 5.97 Å². The molecule has 0 atom stereocenters. The van der Waals surface area contributed by atoms with Crippen molar-refractivity contribution in [2.45, 2.75) is 26.8 Å². The number of benzene rings is 1. The van der Waals surface area contributed by atoms with Gasteiger partial charge >= 0.3 is 5.97 Å². The Bertz CT molecular complexity index is 748. The van der Waals surface area contributed by atoms with Gasteiger partial charge in [0, 0.05) is 23.6 Å². The highest BCUT2D eigenvalue weighted by Crippen LogP contribution is 2.19. The number of rotatable bonds is 6. The van der Waals surface area contributed by atoms with Gasteiger partial charge in [-0.1, -0.05) is 42.9 Å². The monoisotopic (exact) mass is 295 g/mol. The molecule has 0 saturated heterocycles. The maximum atomic E-state index is 11.0. The van der Waals surface area contributed by atoms with Crippen LogP contribution in [0.2, 0.25) is 0 Å². The summed E-state index contributed by atoms with van der Waals surface area (Å²) in [4.78, 5) is 11.0. The SMILES string of the molecule is CC/C=C/C=C\C=C(/C)Cn1ccc2cc(C(=O)O)ccc21. The van der Waals surface area contributed by atoms with Crippen molar-refractivity contribution in [3.8, 4) is 0 Å². The van der Waals surface area contributed by atoms with E-state index >= 15 is 0 Å². The standard InChI is InChI=1S/C19H21NO2/c1-3-4-5-6-7-8-15(2)14-20-12-11-16-13-17(19(21)22)9-10-18(16)20/h4-13H,3,14H2,1-2H3,(H,21,22)/b5-4+,7-6-,15-8+. The molecule has 114 valence electrons. The molecule has 0 saturated carbocycles. The quantitative estimate of drug-likeness (QED) is 0.777. The summed E-state index contributed by atoms with van der Waals surface area (Å²) in [5, 5.41) is 9.98. The van der Waals surface area contributed by atoms with Crippen LogP contribution in [0, 0.1) is 0 Å². The van der Waals surface area contributed by atoms with E-state index in [2.05, 4.69) is 30.6 Å². The summed E-state index contributed by atoms with van der Waals surface area (Å²) in [7, 11) is 0. The number of aromatic carboxylic acids is 1. The molecular formula is C19H21NO2. The third-order valence-electron chi connectivity index (χ3n) is 3.41. The van der Waals surface area contributed by atoms with Gasteiger partial charge in [0.15, 0.2) is 0 Å². The first-order valence-corrected chi connectivity index (χ1v) is 7.43. The lowest BCUT2D eigenvalue weighted by molar-refractivity contribution is 0.0697. The Kier molecular flexibility index (Phi) is 5.37. The molecule has 0 aliphatic rings. The molecule has 0 aliphatic carbocycles. The minimum absolute atomic E-state index is 0.322. The molecule has 0 fully saturated rings. The van der Waals surface area contributed by atoms with Crippen molar-refractivity contribution in [2.24, 2.45) is 0 Å². The van der Waals surface area contributed by atoms with Gasteiger partial charge in [-0.25, -0.2) is 4.79 Å². The number of fused-ring (bicyclic) bond motifs is 1. The molecule has 2 aromatic rings. The van der Waals surface area contributed by atoms with Crippen LogP contribution in [0.15, 0.2) is 66.4 Å². The van der Waals surface area contributed by atoms with Crippen LogP contribution in [0.25, 0.3) is 10.9 Å². The summed E-state index contributed by atoms with van der Waals surface area (Å²) in [6.45, 7) is 4.99. The summed E-state index contributed by atoms with van der Waals surface area (Å²) in [6.07, 6.45) is 13.4. The van der Waals surface area contributed by atoms with Crippen LogP contribution in [-0.4, -0.2) is 15.6 Å². The minimum atomic E-state index is -0.893. The predicted molar refractivity (Wildman–Crippen MR) is 91.2 cm³/mol. The average molecular weight is 295 g/mol. The van der Waals surface area contributed by atoms with Gasteiger partial charge in [0.1, 0.15) is 0 Å². The van der Waals surface area contributed by atoms with E-state index in [1.165, 1.54) is 5.57 Å². The van der Waals surface area contributed by atoms with Crippen molar-refractivity contribution >= 4 is 16.9 Å². The number of carboxylic acid groups (broad SMARTS) is 1. The van der Waals surface area contributed by atoms with Crippen LogP contribution in [0.4, 0.5) is 0 Å². The van der Waals surface area contributed by atoms with Crippen molar-refractivity contribution in [1.29, 1.82) is 0 Å². The van der Waals surface area contributed by atoms with E-state index in [9.17, 15) is 4.79 Å². The normalized spacial score (nSPS) is 12.7. The van der Waals surface area contributed by atoms with E-state index in [1.54, 1.807) is 12.1 Å². The van der Waals surface area contributed by atoms with Gasteiger partial charge < -0.3 is 9.67 Å². The molecule has 22 heavy (non-hydrogen) atoms. The Labute approximate surface area is 130 Å². The molecule has 0 spiro atoms. The summed E-state index contributed by atoms with van der Waals surface area (Å²) in [5.41, 5.74) is 2.61. The van der Waals surface area contributed by atoms with Gasteiger partial charge in [-0.05, 0) is 37.6 Å². The first-order valence-electron chi connectivity index (χ1n) is 7.43. The molecule has 0 unspecified atom stereocenters. The molecule has 2 rings (SSSR count). The van der Waals surface area contributed by atoms with Gasteiger partial charge in [-0.3, -0.25) is 0 Å². The zero-order valence-electron chi connectivity index (χ0n) is 13.0. The Morgan fingerprint density at radius 1 is 1.23 bits per heavy atom. The molecule has 0 amide bonds. The van der Waals surface area contributed by atoms with E-state index in [1.807, 2.05) is 36.6 Å². The highest BCUT2D eigenvalue weighted by Gasteiger charge is 2.06. The second-order valence-corrected chi connectivity index (χ2v) is 5.26. The maximum absolute atomic E-state index is 11.0. The fourth-order valence-electron chi connectivity index (χ4n) is 2.29. The Morgan fingerprint density at radius 2 is 2.05 bits per heavy atom. The number of aromatic nitrogens is 1. The second-order valence-electron chi connectivity index (χ2n) is 5.26. The zero-order valence-corrected chi connectivity index (χ0v) is 13.0. The fourth-order valence-corrected chi connectivity index (χ4v) is 2.29. The Hall–Kier alpha value is -2.55. The molecule has 0 bridgehead atoms. The molecular weight excluding hydrogens is 274 g/mol. The molecule has 0 aliphatic heterocycles. The van der Waals surface area contributed by atoms with Gasteiger partial charge in [0.2, 0.25) is 0 Å². The van der Waals surface area contributed by atoms with Crippen molar-refractivity contribution in [3.05, 3.63) is 72.0 Å². The number of hydrogen-bond acceptors (Lipinski definition) is 1. The van der Waals surface area contributed by atoms with Crippen molar-refractivity contribution in [3.63, 3.8) is 0 Å². The molecule has 1 aromatic carbocycles. The lowest BCUT2D eigenvalue weighted by Crippen LogP contribution is -1.98. The number of allylic oxidation sites excluding steroid dienone is 6. The molecule has 0 radical (unpaired) electrons. The third kappa shape index (κ3) is 3.98. The van der Waals surface area contributed by atoms with Crippen LogP contribution in [0.5, 0.6) is 0 Å². The first-order chi connectivity index (χ1) is 10.6. The third-order valence-corrected chi connectivity index (χ3v) is 3.41. The van der Waals surface area contributed by atoms with Crippen molar-refractivity contribution in [2.75, 3.05) is 0 Å².